The molecule has 1 aromatic heterocycles. The predicted molar refractivity (Wildman–Crippen MR) is 124 cm³/mol. The van der Waals surface area contributed by atoms with Crippen molar-refractivity contribution in [2.24, 2.45) is 0 Å². The van der Waals surface area contributed by atoms with Crippen LogP contribution in [0, 0.1) is 6.92 Å². The molecule has 31 heavy (non-hydrogen) atoms. The second-order valence-electron chi connectivity index (χ2n) is 7.03. The van der Waals surface area contributed by atoms with Crippen LogP contribution in [0.25, 0.3) is 11.5 Å². The summed E-state index contributed by atoms with van der Waals surface area (Å²) in [5, 5.41) is 14.5. The summed E-state index contributed by atoms with van der Waals surface area (Å²) >= 11 is 5.71. The summed E-state index contributed by atoms with van der Waals surface area (Å²) in [7, 11) is 1.61. The summed E-state index contributed by atoms with van der Waals surface area (Å²) in [5.74, 6) is 1.98. The Morgan fingerprint density at radius 1 is 1.06 bits per heavy atom. The van der Waals surface area contributed by atoms with Gasteiger partial charge in [0.05, 0.1) is 7.11 Å². The molecule has 2 heterocycles. The Kier molecular flexibility index (Phi) is 6.04. The molecule has 4 rings (SSSR count). The third-order valence-corrected chi connectivity index (χ3v) is 5.08. The Morgan fingerprint density at radius 2 is 1.87 bits per heavy atom. The molecule has 2 N–H and O–H groups in total. The Morgan fingerprint density at radius 3 is 2.65 bits per heavy atom. The fourth-order valence-electron chi connectivity index (χ4n) is 3.30. The molecule has 0 saturated heterocycles. The number of methoxy groups -OCH3 is 1. The van der Waals surface area contributed by atoms with E-state index in [2.05, 4.69) is 5.32 Å². The maximum atomic E-state index is 11.3. The molecule has 0 unspecified atom stereocenters. The number of pyridine rings is 1. The number of ether oxygens (including phenoxy) is 3. The Bertz CT molecular complexity index is 1160. The highest BCUT2D eigenvalue weighted by atomic mass is 32.1. The van der Waals surface area contributed by atoms with Gasteiger partial charge in [-0.25, -0.2) is 0 Å². The van der Waals surface area contributed by atoms with Crippen molar-refractivity contribution in [3.63, 3.8) is 0 Å². The van der Waals surface area contributed by atoms with Gasteiger partial charge >= 0.3 is 0 Å². The maximum absolute atomic E-state index is 11.3. The van der Waals surface area contributed by atoms with Gasteiger partial charge in [0.15, 0.2) is 34.6 Å². The van der Waals surface area contributed by atoms with E-state index in [-0.39, 0.29) is 5.76 Å². The van der Waals surface area contributed by atoms with E-state index in [1.165, 1.54) is 0 Å². The normalized spacial score (nSPS) is 13.2. The molecule has 0 atom stereocenters. The number of thiocarbonyl (C=S) groups is 1. The molecule has 2 aromatic carbocycles. The van der Waals surface area contributed by atoms with Crippen LogP contribution in [-0.4, -0.2) is 30.4 Å². The highest BCUT2D eigenvalue weighted by Gasteiger charge is 2.25. The first kappa shape index (κ1) is 20.7. The Hall–Kier alpha value is -3.58. The van der Waals surface area contributed by atoms with Gasteiger partial charge in [0.2, 0.25) is 0 Å². The van der Waals surface area contributed by atoms with Crippen LogP contribution in [0.3, 0.4) is 0 Å². The van der Waals surface area contributed by atoms with E-state index in [0.717, 1.165) is 11.3 Å². The number of hydrogen-bond donors (Lipinski definition) is 2. The lowest BCUT2D eigenvalue weighted by Gasteiger charge is -2.19. The molecule has 0 radical (unpaired) electrons. The summed E-state index contributed by atoms with van der Waals surface area (Å²) in [6.45, 7) is 2.96. The zero-order chi connectivity index (χ0) is 21.8. The van der Waals surface area contributed by atoms with Gasteiger partial charge in [-0.2, -0.15) is 4.57 Å². The summed E-state index contributed by atoms with van der Waals surface area (Å²) < 4.78 is 18.4. The van der Waals surface area contributed by atoms with E-state index in [9.17, 15) is 5.11 Å². The third-order valence-electron chi connectivity index (χ3n) is 4.79. The van der Waals surface area contributed by atoms with E-state index in [1.54, 1.807) is 29.9 Å². The number of anilines is 1. The van der Waals surface area contributed by atoms with Gasteiger partial charge in [-0.05, 0) is 43.3 Å². The highest BCUT2D eigenvalue weighted by Crippen LogP contribution is 2.33. The van der Waals surface area contributed by atoms with Gasteiger partial charge in [-0.1, -0.05) is 18.3 Å². The van der Waals surface area contributed by atoms with Crippen LogP contribution < -0.4 is 24.1 Å². The number of benzene rings is 2. The average Bonchev–Trinajstić information content (AvgIpc) is 2.79. The van der Waals surface area contributed by atoms with Gasteiger partial charge in [0, 0.05) is 28.9 Å². The lowest BCUT2D eigenvalue weighted by molar-refractivity contribution is -0.576. The lowest BCUT2D eigenvalue weighted by atomic mass is 10.1. The molecule has 158 valence electrons. The molecule has 0 saturated carbocycles. The minimum Gasteiger partial charge on any atom is -0.502 e. The van der Waals surface area contributed by atoms with Crippen molar-refractivity contribution < 1.29 is 23.9 Å². The monoisotopic (exact) mass is 435 g/mol. The minimum atomic E-state index is 0.0213. The van der Waals surface area contributed by atoms with Crippen LogP contribution in [0.5, 0.6) is 17.2 Å². The fraction of sp³-hybridized carbons (Fsp3) is 0.167. The largest absolute Gasteiger partial charge is 0.502 e. The molecule has 3 aromatic rings. The summed E-state index contributed by atoms with van der Waals surface area (Å²) in [5.41, 5.74) is 2.80. The number of hydrogen-bond acceptors (Lipinski definition) is 5. The predicted octanol–water partition coefficient (Wildman–Crippen LogP) is 4.39. The van der Waals surface area contributed by atoms with Crippen LogP contribution in [0.2, 0.25) is 0 Å². The van der Waals surface area contributed by atoms with Crippen LogP contribution in [0.15, 0.2) is 67.0 Å². The number of aliphatic hydroxyl groups excluding tert-OH is 1. The second kappa shape index (κ2) is 9.06. The minimum absolute atomic E-state index is 0.0213. The summed E-state index contributed by atoms with van der Waals surface area (Å²) in [6, 6.07) is 16.7. The molecule has 7 heteroatoms. The maximum Gasteiger partial charge on any atom is 0.288 e. The summed E-state index contributed by atoms with van der Waals surface area (Å²) in [4.78, 5) is 0.358. The molecule has 0 bridgehead atoms. The quantitative estimate of drug-likeness (QED) is 0.268. The standard InChI is InChI=1S/C24H22N2O4S/c1-16-5-4-10-26(15-16)22(24(31)25-18-6-3-7-19(14-18)28-2)23(27)17-8-9-20-21(13-17)30-12-11-29-20/h3-10,13-15H,11-12H2,1-2H3,(H-,25,27,31)/p+1. The van der Waals surface area contributed by atoms with E-state index < -0.39 is 0 Å². The lowest BCUT2D eigenvalue weighted by Crippen LogP contribution is -2.38. The van der Waals surface area contributed by atoms with Crippen molar-refractivity contribution in [1.82, 2.24) is 0 Å². The van der Waals surface area contributed by atoms with Gasteiger partial charge in [-0.15, -0.1) is 0 Å². The van der Waals surface area contributed by atoms with Crippen molar-refractivity contribution in [2.75, 3.05) is 25.6 Å². The first-order valence-corrected chi connectivity index (χ1v) is 10.2. The van der Waals surface area contributed by atoms with Crippen molar-refractivity contribution in [3.8, 4) is 17.2 Å². The van der Waals surface area contributed by atoms with Crippen LogP contribution in [-0.2, 0) is 0 Å². The van der Waals surface area contributed by atoms with Crippen molar-refractivity contribution in [1.29, 1.82) is 0 Å². The topological polar surface area (TPSA) is 63.8 Å². The van der Waals surface area contributed by atoms with Gasteiger partial charge in [-0.3, -0.25) is 0 Å². The number of aromatic nitrogens is 1. The molecular formula is C24H23N2O4S+. The summed E-state index contributed by atoms with van der Waals surface area (Å²) in [6.07, 6.45) is 3.75. The molecule has 0 amide bonds. The molecule has 0 fully saturated rings. The zero-order valence-corrected chi connectivity index (χ0v) is 18.1. The molecular weight excluding hydrogens is 412 g/mol. The van der Waals surface area contributed by atoms with E-state index in [4.69, 9.17) is 26.4 Å². The Labute approximate surface area is 186 Å². The third kappa shape index (κ3) is 4.62. The van der Waals surface area contributed by atoms with Crippen LogP contribution in [0.1, 0.15) is 11.1 Å². The van der Waals surface area contributed by atoms with Crippen molar-refractivity contribution >= 4 is 34.3 Å². The highest BCUT2D eigenvalue weighted by molar-refractivity contribution is 7.81. The van der Waals surface area contributed by atoms with Crippen LogP contribution in [0.4, 0.5) is 5.69 Å². The molecule has 0 aliphatic carbocycles. The fourth-order valence-corrected chi connectivity index (χ4v) is 3.62. The van der Waals surface area contributed by atoms with E-state index in [0.29, 0.717) is 46.7 Å². The number of aliphatic hydroxyl groups is 1. The smallest absolute Gasteiger partial charge is 0.288 e. The number of rotatable bonds is 5. The van der Waals surface area contributed by atoms with Gasteiger partial charge in [0.25, 0.3) is 5.70 Å². The van der Waals surface area contributed by atoms with E-state index >= 15 is 0 Å². The number of fused-ring (bicyclic) bond motifs is 1. The number of nitrogens with zero attached hydrogens (tertiary/aromatic N) is 1. The molecule has 6 nitrogen and oxygen atoms in total. The van der Waals surface area contributed by atoms with Crippen molar-refractivity contribution in [2.45, 2.75) is 6.92 Å². The SMILES string of the molecule is COc1cccc(NC(=S)C(=C(O)c2ccc3c(c2)OCCO3)[n+]2cccc(C)c2)c1. The van der Waals surface area contributed by atoms with E-state index in [1.807, 2.05) is 55.7 Å². The second-order valence-corrected chi connectivity index (χ2v) is 7.44. The number of aryl methyl sites for hydroxylation is 1. The first-order chi connectivity index (χ1) is 15.0. The molecule has 1 aliphatic heterocycles. The zero-order valence-electron chi connectivity index (χ0n) is 17.3. The van der Waals surface area contributed by atoms with Crippen LogP contribution >= 0.6 is 12.2 Å². The molecule has 1 aliphatic rings. The average molecular weight is 436 g/mol. The Balaban J connectivity index is 1.77. The van der Waals surface area contributed by atoms with Gasteiger partial charge in [0.1, 0.15) is 19.0 Å². The number of nitrogens with one attached hydrogen (secondary N) is 1. The van der Waals surface area contributed by atoms with Gasteiger partial charge < -0.3 is 24.6 Å². The first-order valence-electron chi connectivity index (χ1n) is 9.82. The van der Waals surface area contributed by atoms with Crippen molar-refractivity contribution in [3.05, 3.63) is 78.1 Å². The molecule has 0 spiro atoms.